The monoisotopic (exact) mass is 358 g/mol. The normalized spacial score (nSPS) is 11.4. The summed E-state index contributed by atoms with van der Waals surface area (Å²) in [6, 6.07) is 5.81. The molecular weight excluding hydrogens is 343 g/mol. The molecule has 3 nitrogen and oxygen atoms in total. The minimum atomic E-state index is -4.51. The molecule has 0 aliphatic rings. The molecule has 0 saturated carbocycles. The van der Waals surface area contributed by atoms with Gasteiger partial charge in [0.1, 0.15) is 16.5 Å². The quantitative estimate of drug-likeness (QED) is 0.602. The summed E-state index contributed by atoms with van der Waals surface area (Å²) in [5.41, 5.74) is -0.401. The van der Waals surface area contributed by atoms with Crippen LogP contribution < -0.4 is 9.47 Å². The molecule has 2 rings (SSSR count). The lowest BCUT2D eigenvalue weighted by molar-refractivity contribution is -0.137. The molecule has 2 aromatic rings. The van der Waals surface area contributed by atoms with E-state index in [1.807, 2.05) is 0 Å². The first kappa shape index (κ1) is 18.4. The van der Waals surface area contributed by atoms with Gasteiger partial charge in [-0.25, -0.2) is 4.98 Å². The molecule has 24 heavy (non-hydrogen) atoms. The van der Waals surface area contributed by atoms with Crippen molar-refractivity contribution in [2.75, 3.05) is 6.61 Å². The van der Waals surface area contributed by atoms with Gasteiger partial charge in [-0.3, -0.25) is 0 Å². The van der Waals surface area contributed by atoms with Crippen molar-refractivity contribution in [3.8, 4) is 17.4 Å². The predicted octanol–water partition coefficient (Wildman–Crippen LogP) is 5.91. The summed E-state index contributed by atoms with van der Waals surface area (Å²) in [6.07, 6.45) is -1.93. The molecule has 129 valence electrons. The topological polar surface area (TPSA) is 31.4 Å². The molecule has 0 fully saturated rings. The Labute approximate surface area is 143 Å². The SMILES string of the molecule is [CH2]c1ccc(OCCCC)cc1Oc1ncc(C(F)(F)F)cc1Cl. The number of nitrogens with zero attached hydrogens (tertiary/aromatic N) is 1. The summed E-state index contributed by atoms with van der Waals surface area (Å²) < 4.78 is 48.9. The Morgan fingerprint density at radius 1 is 1.25 bits per heavy atom. The second-order valence-corrected chi connectivity index (χ2v) is 5.49. The van der Waals surface area contributed by atoms with E-state index in [1.165, 1.54) is 0 Å². The molecule has 0 spiro atoms. The number of benzene rings is 1. The van der Waals surface area contributed by atoms with Crippen LogP contribution in [0.1, 0.15) is 30.9 Å². The highest BCUT2D eigenvalue weighted by atomic mass is 35.5. The molecule has 1 radical (unpaired) electrons. The zero-order chi connectivity index (χ0) is 17.7. The Morgan fingerprint density at radius 2 is 2.00 bits per heavy atom. The smallest absolute Gasteiger partial charge is 0.417 e. The Hall–Kier alpha value is -1.95. The first-order valence-electron chi connectivity index (χ1n) is 7.30. The van der Waals surface area contributed by atoms with Crippen LogP contribution in [-0.2, 0) is 6.18 Å². The summed E-state index contributed by atoms with van der Waals surface area (Å²) in [5, 5.41) is -0.235. The highest BCUT2D eigenvalue weighted by molar-refractivity contribution is 6.31. The van der Waals surface area contributed by atoms with Crippen LogP contribution in [0.5, 0.6) is 17.4 Å². The highest BCUT2D eigenvalue weighted by Gasteiger charge is 2.31. The largest absolute Gasteiger partial charge is 0.493 e. The van der Waals surface area contributed by atoms with Crippen molar-refractivity contribution < 1.29 is 22.6 Å². The maximum atomic E-state index is 12.6. The molecule has 0 unspecified atom stereocenters. The Morgan fingerprint density at radius 3 is 2.62 bits per heavy atom. The summed E-state index contributed by atoms with van der Waals surface area (Å²) in [5.74, 6) is 0.771. The van der Waals surface area contributed by atoms with E-state index in [4.69, 9.17) is 21.1 Å². The number of halogens is 4. The molecule has 7 heteroatoms. The number of hydrogen-bond acceptors (Lipinski definition) is 3. The molecular formula is C17H16ClF3NO2. The van der Waals surface area contributed by atoms with Crippen molar-refractivity contribution in [1.82, 2.24) is 4.98 Å². The number of alkyl halides is 3. The van der Waals surface area contributed by atoms with Gasteiger partial charge in [-0.05, 0) is 31.0 Å². The molecule has 0 saturated heterocycles. The van der Waals surface area contributed by atoms with Crippen LogP contribution in [-0.4, -0.2) is 11.6 Å². The number of rotatable bonds is 6. The van der Waals surface area contributed by atoms with Crippen molar-refractivity contribution >= 4 is 11.6 Å². The molecule has 1 heterocycles. The van der Waals surface area contributed by atoms with Gasteiger partial charge in [0.25, 0.3) is 0 Å². The minimum Gasteiger partial charge on any atom is -0.493 e. The Kier molecular flexibility index (Phi) is 5.94. The standard InChI is InChI=1S/C17H16ClF3NO2/c1-3-4-7-23-13-6-5-11(2)15(9-13)24-16-14(18)8-12(10-22-16)17(19,20)21/h5-6,8-10H,2-4,7H2,1H3. The third kappa shape index (κ3) is 4.77. The number of unbranched alkanes of at least 4 members (excludes halogenated alkanes) is 1. The van der Waals surface area contributed by atoms with Crippen LogP contribution in [0.4, 0.5) is 13.2 Å². The summed E-state index contributed by atoms with van der Waals surface area (Å²) in [4.78, 5) is 3.64. The van der Waals surface area contributed by atoms with E-state index in [9.17, 15) is 13.2 Å². The third-order valence-electron chi connectivity index (χ3n) is 3.15. The fourth-order valence-corrected chi connectivity index (χ4v) is 2.02. The van der Waals surface area contributed by atoms with Crippen LogP contribution >= 0.6 is 11.6 Å². The van der Waals surface area contributed by atoms with Gasteiger partial charge in [-0.15, -0.1) is 0 Å². The lowest BCUT2D eigenvalue weighted by Crippen LogP contribution is -2.06. The van der Waals surface area contributed by atoms with Crippen LogP contribution in [0.25, 0.3) is 0 Å². The second-order valence-electron chi connectivity index (χ2n) is 5.08. The van der Waals surface area contributed by atoms with Gasteiger partial charge in [-0.2, -0.15) is 13.2 Å². The van der Waals surface area contributed by atoms with E-state index < -0.39 is 11.7 Å². The van der Waals surface area contributed by atoms with Gasteiger partial charge >= 0.3 is 6.18 Å². The predicted molar refractivity (Wildman–Crippen MR) is 85.6 cm³/mol. The number of pyridine rings is 1. The molecule has 1 aromatic carbocycles. The summed E-state index contributed by atoms with van der Waals surface area (Å²) in [6.45, 7) is 6.42. The van der Waals surface area contributed by atoms with E-state index in [-0.39, 0.29) is 10.9 Å². The Balaban J connectivity index is 2.19. The van der Waals surface area contributed by atoms with Crippen LogP contribution in [0.15, 0.2) is 30.5 Å². The fraction of sp³-hybridized carbons (Fsp3) is 0.294. The summed E-state index contributed by atoms with van der Waals surface area (Å²) >= 11 is 5.84. The van der Waals surface area contributed by atoms with Crippen molar-refractivity contribution in [3.63, 3.8) is 0 Å². The number of aromatic nitrogens is 1. The fourth-order valence-electron chi connectivity index (χ4n) is 1.81. The van der Waals surface area contributed by atoms with Gasteiger partial charge in [0.05, 0.1) is 12.2 Å². The minimum absolute atomic E-state index is 0.125. The van der Waals surface area contributed by atoms with Gasteiger partial charge in [-0.1, -0.05) is 31.0 Å². The van der Waals surface area contributed by atoms with Crippen LogP contribution in [0.2, 0.25) is 5.02 Å². The average molecular weight is 359 g/mol. The van der Waals surface area contributed by atoms with Gasteiger partial charge in [0.15, 0.2) is 0 Å². The first-order chi connectivity index (χ1) is 11.3. The molecule has 0 amide bonds. The van der Waals surface area contributed by atoms with Crippen LogP contribution in [0, 0.1) is 6.92 Å². The van der Waals surface area contributed by atoms with E-state index in [0.717, 1.165) is 18.9 Å². The third-order valence-corrected chi connectivity index (χ3v) is 3.42. The molecule has 1 aromatic heterocycles. The summed E-state index contributed by atoms with van der Waals surface area (Å²) in [7, 11) is 0. The van der Waals surface area contributed by atoms with Crippen LogP contribution in [0.3, 0.4) is 0 Å². The Bertz CT molecular complexity index is 705. The van der Waals surface area contributed by atoms with Gasteiger partial charge in [0, 0.05) is 12.3 Å². The van der Waals surface area contributed by atoms with Crippen molar-refractivity contribution in [2.45, 2.75) is 25.9 Å². The van der Waals surface area contributed by atoms with Gasteiger partial charge in [0.2, 0.25) is 5.88 Å². The molecule has 0 aliphatic carbocycles. The zero-order valence-corrected chi connectivity index (χ0v) is 13.7. The van der Waals surface area contributed by atoms with Crippen molar-refractivity contribution in [3.05, 3.63) is 53.5 Å². The molecule has 0 bridgehead atoms. The van der Waals surface area contributed by atoms with E-state index in [1.54, 1.807) is 18.2 Å². The lowest BCUT2D eigenvalue weighted by atomic mass is 10.2. The maximum Gasteiger partial charge on any atom is 0.417 e. The highest BCUT2D eigenvalue weighted by Crippen LogP contribution is 2.36. The second kappa shape index (κ2) is 7.75. The molecule has 0 aliphatic heterocycles. The van der Waals surface area contributed by atoms with E-state index in [0.29, 0.717) is 29.9 Å². The number of ether oxygens (including phenoxy) is 2. The van der Waals surface area contributed by atoms with Crippen molar-refractivity contribution in [1.29, 1.82) is 0 Å². The van der Waals surface area contributed by atoms with Crippen molar-refractivity contribution in [2.24, 2.45) is 0 Å². The molecule has 0 N–H and O–H groups in total. The zero-order valence-electron chi connectivity index (χ0n) is 13.0. The van der Waals surface area contributed by atoms with E-state index >= 15 is 0 Å². The number of hydrogen-bond donors (Lipinski definition) is 0. The molecule has 0 atom stereocenters. The first-order valence-corrected chi connectivity index (χ1v) is 7.68. The lowest BCUT2D eigenvalue weighted by Gasteiger charge is -2.13. The maximum absolute atomic E-state index is 12.6. The van der Waals surface area contributed by atoms with Gasteiger partial charge < -0.3 is 9.47 Å². The van der Waals surface area contributed by atoms with E-state index in [2.05, 4.69) is 18.8 Å². The average Bonchev–Trinajstić information content (AvgIpc) is 2.51.